The van der Waals surface area contributed by atoms with Gasteiger partial charge < -0.3 is 10.2 Å². The first kappa shape index (κ1) is 14.5. The van der Waals surface area contributed by atoms with Crippen LogP contribution >= 0.6 is 0 Å². The van der Waals surface area contributed by atoms with Gasteiger partial charge in [-0.1, -0.05) is 0 Å². The zero-order chi connectivity index (χ0) is 14.8. The van der Waals surface area contributed by atoms with Crippen molar-refractivity contribution in [2.75, 3.05) is 19.6 Å². The van der Waals surface area contributed by atoms with Crippen molar-refractivity contribution in [3.8, 4) is 0 Å². The molecule has 3 rings (SSSR count). The highest BCUT2D eigenvalue weighted by Gasteiger charge is 2.35. The quantitative estimate of drug-likeness (QED) is 0.908. The normalized spacial score (nSPS) is 26.1. The number of nitrogens with zero attached hydrogens (tertiary/aromatic N) is 1. The lowest BCUT2D eigenvalue weighted by atomic mass is 9.90. The molecule has 2 heterocycles. The number of hydrogen-bond acceptors (Lipinski definition) is 2. The summed E-state index contributed by atoms with van der Waals surface area (Å²) in [5, 5.41) is 3.44. The number of piperidine rings is 1. The summed E-state index contributed by atoms with van der Waals surface area (Å²) in [6.07, 6.45) is 4.56. The van der Waals surface area contributed by atoms with Crippen molar-refractivity contribution in [3.05, 3.63) is 35.1 Å². The minimum Gasteiger partial charge on any atom is -0.335 e. The van der Waals surface area contributed by atoms with Gasteiger partial charge in [-0.3, -0.25) is 4.79 Å². The highest BCUT2D eigenvalue weighted by molar-refractivity contribution is 5.94. The van der Waals surface area contributed by atoms with Gasteiger partial charge in [0.1, 0.15) is 5.82 Å². The lowest BCUT2D eigenvalue weighted by Crippen LogP contribution is -2.45. The van der Waals surface area contributed by atoms with Crippen LogP contribution in [0.5, 0.6) is 0 Å². The van der Waals surface area contributed by atoms with Crippen molar-refractivity contribution >= 4 is 5.91 Å². The molecule has 0 radical (unpaired) electrons. The number of aryl methyl sites for hydroxylation is 1. The van der Waals surface area contributed by atoms with Crippen LogP contribution in [0, 0.1) is 18.7 Å². The van der Waals surface area contributed by atoms with Gasteiger partial charge in [0.2, 0.25) is 0 Å². The molecule has 0 aromatic heterocycles. The first-order valence-corrected chi connectivity index (χ1v) is 7.94. The molecule has 0 spiro atoms. The molecule has 0 saturated carbocycles. The van der Waals surface area contributed by atoms with Gasteiger partial charge in [-0.05, 0) is 75.4 Å². The maximum atomic E-state index is 13.4. The minimum atomic E-state index is -0.249. The molecule has 1 amide bonds. The molecular weight excluding hydrogens is 267 g/mol. The van der Waals surface area contributed by atoms with Gasteiger partial charge in [-0.25, -0.2) is 4.39 Å². The SMILES string of the molecule is Cc1cc(C(=O)N2CCCC2C2CCCNC2)ccc1F. The smallest absolute Gasteiger partial charge is 0.254 e. The molecule has 0 aliphatic carbocycles. The number of benzene rings is 1. The van der Waals surface area contributed by atoms with Crippen LogP contribution in [-0.2, 0) is 0 Å². The number of hydrogen-bond donors (Lipinski definition) is 1. The molecule has 2 fully saturated rings. The number of nitrogens with one attached hydrogen (secondary N) is 1. The van der Waals surface area contributed by atoms with E-state index in [9.17, 15) is 9.18 Å². The summed E-state index contributed by atoms with van der Waals surface area (Å²) in [5.41, 5.74) is 1.15. The van der Waals surface area contributed by atoms with Gasteiger partial charge >= 0.3 is 0 Å². The van der Waals surface area contributed by atoms with Crippen LogP contribution in [0.15, 0.2) is 18.2 Å². The number of rotatable bonds is 2. The predicted octanol–water partition coefficient (Wildman–Crippen LogP) is 2.74. The highest BCUT2D eigenvalue weighted by atomic mass is 19.1. The van der Waals surface area contributed by atoms with E-state index in [2.05, 4.69) is 5.32 Å². The van der Waals surface area contributed by atoms with Crippen LogP contribution in [0.2, 0.25) is 0 Å². The number of halogens is 1. The van der Waals surface area contributed by atoms with Gasteiger partial charge in [0, 0.05) is 18.2 Å². The van der Waals surface area contributed by atoms with E-state index in [-0.39, 0.29) is 11.7 Å². The Bertz CT molecular complexity index is 526. The number of amides is 1. The van der Waals surface area contributed by atoms with Crippen LogP contribution in [0.25, 0.3) is 0 Å². The molecule has 0 bridgehead atoms. The zero-order valence-electron chi connectivity index (χ0n) is 12.6. The number of carbonyl (C=O) groups is 1. The Balaban J connectivity index is 1.77. The summed E-state index contributed by atoms with van der Waals surface area (Å²) in [4.78, 5) is 14.8. The van der Waals surface area contributed by atoms with E-state index in [1.807, 2.05) is 4.90 Å². The van der Waals surface area contributed by atoms with E-state index < -0.39 is 0 Å². The molecule has 1 aromatic rings. The number of likely N-dealkylation sites (tertiary alicyclic amines) is 1. The summed E-state index contributed by atoms with van der Waals surface area (Å²) < 4.78 is 13.4. The molecule has 21 heavy (non-hydrogen) atoms. The molecule has 4 heteroatoms. The molecule has 2 aliphatic heterocycles. The van der Waals surface area contributed by atoms with Crippen LogP contribution in [0.1, 0.15) is 41.6 Å². The largest absolute Gasteiger partial charge is 0.335 e. The minimum absolute atomic E-state index is 0.0613. The molecule has 114 valence electrons. The molecule has 1 N–H and O–H groups in total. The Kier molecular flexibility index (Phi) is 4.24. The topological polar surface area (TPSA) is 32.3 Å². The molecule has 2 saturated heterocycles. The Morgan fingerprint density at radius 1 is 1.33 bits per heavy atom. The summed E-state index contributed by atoms with van der Waals surface area (Å²) in [7, 11) is 0. The van der Waals surface area contributed by atoms with E-state index in [1.54, 1.807) is 19.1 Å². The van der Waals surface area contributed by atoms with Gasteiger partial charge in [0.15, 0.2) is 0 Å². The average molecular weight is 290 g/mol. The fourth-order valence-electron chi connectivity index (χ4n) is 3.69. The molecule has 1 aromatic carbocycles. The van der Waals surface area contributed by atoms with Crippen LogP contribution in [0.4, 0.5) is 4.39 Å². The van der Waals surface area contributed by atoms with E-state index >= 15 is 0 Å². The van der Waals surface area contributed by atoms with E-state index in [0.717, 1.165) is 32.5 Å². The van der Waals surface area contributed by atoms with E-state index in [1.165, 1.54) is 18.9 Å². The molecular formula is C17H23FN2O. The van der Waals surface area contributed by atoms with Crippen molar-refractivity contribution in [1.29, 1.82) is 0 Å². The lowest BCUT2D eigenvalue weighted by molar-refractivity contribution is 0.0670. The Labute approximate surface area is 125 Å². The van der Waals surface area contributed by atoms with Crippen molar-refractivity contribution in [3.63, 3.8) is 0 Å². The molecule has 3 nitrogen and oxygen atoms in total. The van der Waals surface area contributed by atoms with Crippen LogP contribution in [-0.4, -0.2) is 36.5 Å². The molecule has 2 unspecified atom stereocenters. The third-order valence-corrected chi connectivity index (χ3v) is 4.84. The fraction of sp³-hybridized carbons (Fsp3) is 0.588. The summed E-state index contributed by atoms with van der Waals surface area (Å²) in [6, 6.07) is 5.02. The van der Waals surface area contributed by atoms with Gasteiger partial charge in [0.05, 0.1) is 0 Å². The predicted molar refractivity (Wildman–Crippen MR) is 80.8 cm³/mol. The van der Waals surface area contributed by atoms with E-state index in [0.29, 0.717) is 23.1 Å². The first-order chi connectivity index (χ1) is 10.2. The molecule has 2 aliphatic rings. The monoisotopic (exact) mass is 290 g/mol. The number of carbonyl (C=O) groups excluding carboxylic acids is 1. The summed E-state index contributed by atoms with van der Waals surface area (Å²) in [5.74, 6) is 0.374. The summed E-state index contributed by atoms with van der Waals surface area (Å²) in [6.45, 7) is 4.64. The second-order valence-corrected chi connectivity index (χ2v) is 6.28. The van der Waals surface area contributed by atoms with Crippen molar-refractivity contribution < 1.29 is 9.18 Å². The van der Waals surface area contributed by atoms with Crippen molar-refractivity contribution in [2.24, 2.45) is 5.92 Å². The second-order valence-electron chi connectivity index (χ2n) is 6.28. The maximum absolute atomic E-state index is 13.4. The third-order valence-electron chi connectivity index (χ3n) is 4.84. The third kappa shape index (κ3) is 2.95. The average Bonchev–Trinajstić information content (AvgIpc) is 2.99. The summed E-state index contributed by atoms with van der Waals surface area (Å²) >= 11 is 0. The highest BCUT2D eigenvalue weighted by Crippen LogP contribution is 2.29. The lowest BCUT2D eigenvalue weighted by Gasteiger charge is -2.34. The van der Waals surface area contributed by atoms with Crippen LogP contribution in [0.3, 0.4) is 0 Å². The Morgan fingerprint density at radius 2 is 2.19 bits per heavy atom. The Hall–Kier alpha value is -1.42. The van der Waals surface area contributed by atoms with Crippen LogP contribution < -0.4 is 5.32 Å². The second kappa shape index (κ2) is 6.14. The van der Waals surface area contributed by atoms with E-state index in [4.69, 9.17) is 0 Å². The maximum Gasteiger partial charge on any atom is 0.254 e. The first-order valence-electron chi connectivity index (χ1n) is 7.94. The van der Waals surface area contributed by atoms with Crippen molar-refractivity contribution in [1.82, 2.24) is 10.2 Å². The zero-order valence-corrected chi connectivity index (χ0v) is 12.6. The van der Waals surface area contributed by atoms with Crippen molar-refractivity contribution in [2.45, 2.75) is 38.6 Å². The Morgan fingerprint density at radius 3 is 2.90 bits per heavy atom. The standard InChI is InChI=1S/C17H23FN2O/c1-12-10-13(6-7-15(12)18)17(21)20-9-3-5-16(20)14-4-2-8-19-11-14/h6-7,10,14,16,19H,2-5,8-9,11H2,1H3. The van der Waals surface area contributed by atoms with Gasteiger partial charge in [0.25, 0.3) is 5.91 Å². The fourth-order valence-corrected chi connectivity index (χ4v) is 3.69. The van der Waals surface area contributed by atoms with Gasteiger partial charge in [-0.15, -0.1) is 0 Å². The molecule has 2 atom stereocenters. The van der Waals surface area contributed by atoms with Gasteiger partial charge in [-0.2, -0.15) is 0 Å².